The Morgan fingerprint density at radius 3 is 2.89 bits per heavy atom. The van der Waals surface area contributed by atoms with E-state index in [0.717, 1.165) is 48.3 Å². The first-order valence-electron chi connectivity index (χ1n) is 12.7. The molecule has 1 aliphatic heterocycles. The van der Waals surface area contributed by atoms with E-state index in [1.807, 2.05) is 18.2 Å². The number of nitrogen functional groups attached to an aromatic ring is 1. The Morgan fingerprint density at radius 2 is 2.11 bits per heavy atom. The number of benzene rings is 1. The molecular weight excluding hydrogens is 552 g/mol. The molecule has 11 heteroatoms. The van der Waals surface area contributed by atoms with Gasteiger partial charge in [0.25, 0.3) is 5.56 Å². The van der Waals surface area contributed by atoms with E-state index in [1.54, 1.807) is 25.0 Å². The quantitative estimate of drug-likeness (QED) is 0.306. The topological polar surface area (TPSA) is 117 Å². The number of esters is 1. The summed E-state index contributed by atoms with van der Waals surface area (Å²) >= 11 is 3.55. The Hall–Kier alpha value is -3.31. The molecule has 3 heterocycles. The number of rotatable bonds is 8. The number of nitrogens with two attached hydrogens (primary N) is 1. The van der Waals surface area contributed by atoms with Gasteiger partial charge in [-0.05, 0) is 49.4 Å². The van der Waals surface area contributed by atoms with Crippen LogP contribution >= 0.6 is 15.9 Å². The lowest BCUT2D eigenvalue weighted by Gasteiger charge is -2.41. The monoisotopic (exact) mass is 584 g/mol. The minimum Gasteiger partial charge on any atom is -0.476 e. The fourth-order valence-corrected chi connectivity index (χ4v) is 6.19. The molecule has 2 bridgehead atoms. The van der Waals surface area contributed by atoms with Gasteiger partial charge in [0, 0.05) is 44.4 Å². The lowest BCUT2D eigenvalue weighted by molar-refractivity contribution is 0.0599. The Labute approximate surface area is 229 Å². The summed E-state index contributed by atoms with van der Waals surface area (Å²) in [5.74, 6) is 0.597. The van der Waals surface area contributed by atoms with Crippen molar-refractivity contribution in [3.8, 4) is 17.0 Å². The predicted molar refractivity (Wildman–Crippen MR) is 149 cm³/mol. The van der Waals surface area contributed by atoms with Gasteiger partial charge in [-0.25, -0.2) is 9.48 Å². The van der Waals surface area contributed by atoms with Crippen LogP contribution in [0.2, 0.25) is 0 Å². The van der Waals surface area contributed by atoms with Crippen molar-refractivity contribution < 1.29 is 14.3 Å². The van der Waals surface area contributed by atoms with Crippen LogP contribution in [-0.4, -0.2) is 64.1 Å². The van der Waals surface area contributed by atoms with Gasteiger partial charge < -0.3 is 25.1 Å². The number of hydrogen-bond acceptors (Lipinski definition) is 8. The van der Waals surface area contributed by atoms with Gasteiger partial charge in [0.15, 0.2) is 0 Å². The zero-order chi connectivity index (χ0) is 27.0. The van der Waals surface area contributed by atoms with Gasteiger partial charge in [-0.15, -0.1) is 0 Å². The number of aryl methyl sites for hydroxylation is 2. The molecule has 10 nitrogen and oxygen atoms in total. The van der Waals surface area contributed by atoms with Gasteiger partial charge in [0.2, 0.25) is 5.88 Å². The lowest BCUT2D eigenvalue weighted by atomic mass is 9.90. The van der Waals surface area contributed by atoms with E-state index < -0.39 is 5.97 Å². The van der Waals surface area contributed by atoms with Crippen molar-refractivity contribution in [1.82, 2.24) is 19.2 Å². The molecule has 1 aliphatic carbocycles. The molecule has 0 radical (unpaired) electrons. The largest absolute Gasteiger partial charge is 0.476 e. The normalized spacial score (nSPS) is 20.9. The van der Waals surface area contributed by atoms with E-state index in [0.29, 0.717) is 29.5 Å². The van der Waals surface area contributed by atoms with Crippen LogP contribution in [0.1, 0.15) is 29.6 Å². The Morgan fingerprint density at radius 1 is 1.29 bits per heavy atom. The highest BCUT2D eigenvalue weighted by molar-refractivity contribution is 9.10. The number of nitrogens with zero attached hydrogens (tertiary/aromatic N) is 4. The van der Waals surface area contributed by atoms with Gasteiger partial charge in [-0.1, -0.05) is 15.9 Å². The molecule has 1 saturated carbocycles. The maximum Gasteiger partial charge on any atom is 0.339 e. The Kier molecular flexibility index (Phi) is 7.23. The number of likely N-dealkylation sites (tertiary alicyclic amines) is 1. The maximum atomic E-state index is 12.9. The first-order valence-corrected chi connectivity index (χ1v) is 13.5. The van der Waals surface area contributed by atoms with Crippen LogP contribution in [0.3, 0.4) is 0 Å². The molecule has 0 amide bonds. The second-order valence-electron chi connectivity index (χ2n) is 10.4. The Bertz CT molecular complexity index is 1420. The number of fused-ring (bicyclic) bond motifs is 2. The average molecular weight is 586 g/mol. The van der Waals surface area contributed by atoms with E-state index in [-0.39, 0.29) is 16.7 Å². The van der Waals surface area contributed by atoms with Crippen LogP contribution in [-0.2, 0) is 18.8 Å². The molecule has 2 atom stereocenters. The highest BCUT2D eigenvalue weighted by Gasteiger charge is 2.45. The van der Waals surface area contributed by atoms with Crippen molar-refractivity contribution in [3.63, 3.8) is 0 Å². The van der Waals surface area contributed by atoms with Gasteiger partial charge in [-0.3, -0.25) is 9.69 Å². The summed E-state index contributed by atoms with van der Waals surface area (Å²) in [6.07, 6.45) is 6.47. The van der Waals surface area contributed by atoms with E-state index in [2.05, 4.69) is 31.2 Å². The highest BCUT2D eigenvalue weighted by atomic mass is 79.9. The first kappa shape index (κ1) is 26.3. The first-order chi connectivity index (χ1) is 18.2. The molecule has 202 valence electrons. The molecule has 1 saturated heterocycles. The van der Waals surface area contributed by atoms with Crippen LogP contribution in [0, 0.1) is 5.92 Å². The number of carbonyl (C=O) groups is 1. The van der Waals surface area contributed by atoms with Gasteiger partial charge in [-0.2, -0.15) is 5.10 Å². The summed E-state index contributed by atoms with van der Waals surface area (Å²) in [7, 11) is 4.69. The molecule has 38 heavy (non-hydrogen) atoms. The minimum atomic E-state index is -0.514. The minimum absolute atomic E-state index is 0.0178. The summed E-state index contributed by atoms with van der Waals surface area (Å²) in [5.41, 5.74) is 8.87. The molecular formula is C27H33BrN6O4. The number of carbonyl (C=O) groups excluding carboxylic acids is 1. The summed E-state index contributed by atoms with van der Waals surface area (Å²) in [6, 6.07) is 7.45. The molecule has 2 aromatic heterocycles. The summed E-state index contributed by atoms with van der Waals surface area (Å²) in [4.78, 5) is 27.5. The highest BCUT2D eigenvalue weighted by Crippen LogP contribution is 2.43. The molecule has 1 aromatic carbocycles. The molecule has 3 aromatic rings. The van der Waals surface area contributed by atoms with E-state index in [1.165, 1.54) is 30.4 Å². The van der Waals surface area contributed by atoms with Crippen molar-refractivity contribution in [1.29, 1.82) is 0 Å². The zero-order valence-electron chi connectivity index (χ0n) is 21.9. The standard InChI is InChI=1S/C27H33BrN6O4/c1-32-15-18(26(36)37-3)10-20(24(32)35)21-13-30-33(2)25(21)38-9-8-34-14-17-6-7-27(12-17,16-34)31-23-11-19(28)4-5-22(23)29/h4-5,10-11,13,15,17,31H,6-9,12,14,16,29H2,1-3H3. The summed E-state index contributed by atoms with van der Waals surface area (Å²) in [5, 5.41) is 8.09. The number of hydrogen-bond donors (Lipinski definition) is 2. The van der Waals surface area contributed by atoms with Crippen LogP contribution in [0.5, 0.6) is 5.88 Å². The summed E-state index contributed by atoms with van der Waals surface area (Å²) < 4.78 is 15.0. The second kappa shape index (κ2) is 10.5. The third-order valence-corrected chi connectivity index (χ3v) is 8.09. The molecule has 5 rings (SSSR count). The number of halogens is 1. The van der Waals surface area contributed by atoms with Crippen molar-refractivity contribution in [3.05, 3.63) is 57.0 Å². The predicted octanol–water partition coefficient (Wildman–Crippen LogP) is 3.26. The number of pyridine rings is 1. The molecule has 2 fully saturated rings. The van der Waals surface area contributed by atoms with Crippen LogP contribution in [0.15, 0.2) is 45.9 Å². The van der Waals surface area contributed by atoms with E-state index in [4.69, 9.17) is 15.2 Å². The number of aromatic nitrogens is 3. The number of methoxy groups -OCH3 is 1. The van der Waals surface area contributed by atoms with E-state index >= 15 is 0 Å². The van der Waals surface area contributed by atoms with Crippen molar-refractivity contribution in [2.24, 2.45) is 20.0 Å². The summed E-state index contributed by atoms with van der Waals surface area (Å²) in [6.45, 7) is 3.10. The van der Waals surface area contributed by atoms with Crippen molar-refractivity contribution >= 4 is 33.3 Å². The molecule has 2 aliphatic rings. The third-order valence-electron chi connectivity index (χ3n) is 7.59. The number of ether oxygens (including phenoxy) is 2. The lowest BCUT2D eigenvalue weighted by Crippen LogP contribution is -2.52. The van der Waals surface area contributed by atoms with Gasteiger partial charge in [0.1, 0.15) is 6.61 Å². The van der Waals surface area contributed by atoms with Crippen LogP contribution in [0.25, 0.3) is 11.1 Å². The van der Waals surface area contributed by atoms with Crippen molar-refractivity contribution in [2.45, 2.75) is 24.8 Å². The van der Waals surface area contributed by atoms with Crippen LogP contribution < -0.4 is 21.3 Å². The molecule has 3 N–H and O–H groups in total. The fraction of sp³-hybridized carbons (Fsp3) is 0.444. The third kappa shape index (κ3) is 5.17. The number of anilines is 2. The van der Waals surface area contributed by atoms with Gasteiger partial charge in [0.05, 0.1) is 46.9 Å². The van der Waals surface area contributed by atoms with Crippen molar-refractivity contribution in [2.75, 3.05) is 44.4 Å². The average Bonchev–Trinajstić information content (AvgIpc) is 3.40. The zero-order valence-corrected chi connectivity index (χ0v) is 23.5. The molecule has 2 unspecified atom stereocenters. The second-order valence-corrected chi connectivity index (χ2v) is 11.3. The SMILES string of the molecule is COC(=O)c1cc(-c2cnn(C)c2OCCN2CC3CCC(Nc4cc(Br)ccc4N)(C3)C2)c(=O)n(C)c1. The van der Waals surface area contributed by atoms with Crippen LogP contribution in [0.4, 0.5) is 11.4 Å². The smallest absolute Gasteiger partial charge is 0.339 e. The fourth-order valence-electron chi connectivity index (χ4n) is 5.83. The Balaban J connectivity index is 1.29. The van der Waals surface area contributed by atoms with E-state index in [9.17, 15) is 9.59 Å². The van der Waals surface area contributed by atoms with Gasteiger partial charge >= 0.3 is 5.97 Å². The molecule has 0 spiro atoms. The number of nitrogens with one attached hydrogen (secondary N) is 1. The number of piperidine rings is 1. The maximum absolute atomic E-state index is 12.9.